The molecular weight excluding hydrogens is 414 g/mol. The monoisotopic (exact) mass is 444 g/mol. The number of nitrogens with zero attached hydrogens (tertiary/aromatic N) is 2. The molecule has 3 heterocycles. The van der Waals surface area contributed by atoms with Crippen molar-refractivity contribution in [3.8, 4) is 0 Å². The van der Waals surface area contributed by atoms with Crippen molar-refractivity contribution in [1.82, 2.24) is 9.47 Å². The van der Waals surface area contributed by atoms with Crippen LogP contribution in [-0.2, 0) is 33.7 Å². The molecule has 9 heteroatoms. The molecule has 32 heavy (non-hydrogen) atoms. The highest BCUT2D eigenvalue weighted by molar-refractivity contribution is 6.62. The number of aromatic nitrogens is 1. The molecule has 2 aliphatic heterocycles. The Labute approximate surface area is 188 Å². The minimum atomic E-state index is -0.565. The Balaban J connectivity index is 1.64. The predicted octanol–water partition coefficient (Wildman–Crippen LogP) is 2.09. The van der Waals surface area contributed by atoms with Gasteiger partial charge in [0.15, 0.2) is 0 Å². The number of carbonyl (C=O) groups excluding carboxylic acids is 1. The van der Waals surface area contributed by atoms with Gasteiger partial charge in [-0.15, -0.1) is 0 Å². The molecule has 172 valence electrons. The molecule has 1 atom stereocenters. The molecule has 0 saturated carbocycles. The number of aliphatic hydroxyl groups is 1. The summed E-state index contributed by atoms with van der Waals surface area (Å²) in [5.74, 6) is -0.592. The lowest BCUT2D eigenvalue weighted by atomic mass is 9.81. The quantitative estimate of drug-likeness (QED) is 0.691. The molecule has 0 spiro atoms. The summed E-state index contributed by atoms with van der Waals surface area (Å²) < 4.78 is 33.5. The van der Waals surface area contributed by atoms with Crippen LogP contribution in [0.1, 0.15) is 49.3 Å². The van der Waals surface area contributed by atoms with Crippen LogP contribution >= 0.6 is 0 Å². The fourth-order valence-electron chi connectivity index (χ4n) is 4.23. The highest BCUT2D eigenvalue weighted by Crippen LogP contribution is 2.36. The molecule has 2 aliphatic rings. The zero-order valence-corrected chi connectivity index (χ0v) is 19.2. The smallest absolute Gasteiger partial charge is 0.399 e. The van der Waals surface area contributed by atoms with E-state index in [2.05, 4.69) is 0 Å². The third kappa shape index (κ3) is 3.98. The van der Waals surface area contributed by atoms with Gasteiger partial charge in [-0.25, -0.2) is 4.39 Å². The van der Waals surface area contributed by atoms with E-state index in [1.54, 1.807) is 24.1 Å². The number of hydrogen-bond donors (Lipinski definition) is 1. The fraction of sp³-hybridized carbons (Fsp3) is 0.522. The number of amides is 1. The average Bonchev–Trinajstić information content (AvgIpc) is 3.23. The summed E-state index contributed by atoms with van der Waals surface area (Å²) >= 11 is 0. The van der Waals surface area contributed by atoms with Gasteiger partial charge in [-0.3, -0.25) is 4.79 Å². The van der Waals surface area contributed by atoms with E-state index in [-0.39, 0.29) is 25.1 Å². The Kier molecular flexibility index (Phi) is 5.96. The summed E-state index contributed by atoms with van der Waals surface area (Å²) in [6.45, 7) is 8.76. The second kappa shape index (κ2) is 8.30. The van der Waals surface area contributed by atoms with Gasteiger partial charge >= 0.3 is 7.12 Å². The van der Waals surface area contributed by atoms with Gasteiger partial charge in [0.25, 0.3) is 5.91 Å². The predicted molar refractivity (Wildman–Crippen MR) is 118 cm³/mol. The molecule has 7 nitrogen and oxygen atoms in total. The van der Waals surface area contributed by atoms with Gasteiger partial charge in [-0.05, 0) is 57.0 Å². The van der Waals surface area contributed by atoms with Crippen LogP contribution in [0.3, 0.4) is 0 Å². The van der Waals surface area contributed by atoms with E-state index in [4.69, 9.17) is 14.0 Å². The van der Waals surface area contributed by atoms with Crippen molar-refractivity contribution in [3.63, 3.8) is 0 Å². The molecule has 1 aromatic carbocycles. The lowest BCUT2D eigenvalue weighted by molar-refractivity contribution is 0.00578. The van der Waals surface area contributed by atoms with E-state index in [9.17, 15) is 14.3 Å². The van der Waals surface area contributed by atoms with Crippen molar-refractivity contribution in [2.24, 2.45) is 0 Å². The SMILES string of the molecule is COC[C@H]1Cn2cc(B3OC(C)(C)C(C)(C)O3)cc2C(=O)N1Cc1cc(F)ccc1CO. The first-order chi connectivity index (χ1) is 15.1. The van der Waals surface area contributed by atoms with Crippen LogP contribution in [0.2, 0.25) is 0 Å². The minimum Gasteiger partial charge on any atom is -0.399 e. The van der Waals surface area contributed by atoms with Gasteiger partial charge in [0.2, 0.25) is 0 Å². The highest BCUT2D eigenvalue weighted by atomic mass is 19.1. The molecule has 0 radical (unpaired) electrons. The fourth-order valence-corrected chi connectivity index (χ4v) is 4.23. The maximum Gasteiger partial charge on any atom is 0.496 e. The highest BCUT2D eigenvalue weighted by Gasteiger charge is 2.52. The third-order valence-corrected chi connectivity index (χ3v) is 6.81. The van der Waals surface area contributed by atoms with Crippen LogP contribution in [0.15, 0.2) is 30.5 Å². The average molecular weight is 444 g/mol. The molecule has 1 N–H and O–H groups in total. The number of hydrogen-bond acceptors (Lipinski definition) is 5. The maximum atomic E-state index is 13.9. The summed E-state index contributed by atoms with van der Waals surface area (Å²) in [5, 5.41) is 9.66. The first kappa shape index (κ1) is 23.0. The van der Waals surface area contributed by atoms with E-state index < -0.39 is 24.1 Å². The number of aliphatic hydroxyl groups excluding tert-OH is 1. The normalized spacial score (nSPS) is 21.8. The Morgan fingerprint density at radius 2 is 1.88 bits per heavy atom. The van der Waals surface area contributed by atoms with Gasteiger partial charge in [-0.1, -0.05) is 6.07 Å². The van der Waals surface area contributed by atoms with Crippen LogP contribution in [0.4, 0.5) is 4.39 Å². The van der Waals surface area contributed by atoms with Gasteiger partial charge in [0.1, 0.15) is 11.5 Å². The number of fused-ring (bicyclic) bond motifs is 1. The Morgan fingerprint density at radius 3 is 2.50 bits per heavy atom. The molecular formula is C23H30BFN2O5. The third-order valence-electron chi connectivity index (χ3n) is 6.81. The molecule has 0 unspecified atom stereocenters. The van der Waals surface area contributed by atoms with Gasteiger partial charge in [0.05, 0.1) is 30.5 Å². The van der Waals surface area contributed by atoms with E-state index in [1.165, 1.54) is 12.1 Å². The zero-order valence-electron chi connectivity index (χ0n) is 19.2. The topological polar surface area (TPSA) is 73.2 Å². The van der Waals surface area contributed by atoms with Gasteiger partial charge in [-0.2, -0.15) is 0 Å². The van der Waals surface area contributed by atoms with Crippen molar-refractivity contribution in [2.45, 2.75) is 64.6 Å². The molecule has 0 aliphatic carbocycles. The van der Waals surface area contributed by atoms with Crippen molar-refractivity contribution in [2.75, 3.05) is 13.7 Å². The number of benzene rings is 1. The first-order valence-corrected chi connectivity index (χ1v) is 10.8. The number of ether oxygens (including phenoxy) is 1. The Morgan fingerprint density at radius 1 is 1.19 bits per heavy atom. The van der Waals surface area contributed by atoms with Crippen molar-refractivity contribution < 1.29 is 28.3 Å². The second-order valence-corrected chi connectivity index (χ2v) is 9.51. The number of carbonyl (C=O) groups is 1. The lowest BCUT2D eigenvalue weighted by Gasteiger charge is -2.36. The zero-order chi connectivity index (χ0) is 23.3. The molecule has 1 aromatic heterocycles. The van der Waals surface area contributed by atoms with Crippen molar-refractivity contribution >= 4 is 18.5 Å². The molecule has 2 aromatic rings. The Bertz CT molecular complexity index is 1010. The standard InChI is InChI=1S/C23H30BFN2O5/c1-22(2)23(3,4)32-24(31-22)17-9-20-21(29)27(19(14-30-5)12-26(20)11-17)10-16-8-18(25)7-6-15(16)13-28/h6-9,11,19,28H,10,12-14H2,1-5H3/t19-/m1/s1. The van der Waals surface area contributed by atoms with Gasteiger partial charge in [0, 0.05) is 31.9 Å². The van der Waals surface area contributed by atoms with Crippen LogP contribution in [-0.4, -0.2) is 58.6 Å². The van der Waals surface area contributed by atoms with E-state index in [1.807, 2.05) is 38.5 Å². The largest absolute Gasteiger partial charge is 0.496 e. The van der Waals surface area contributed by atoms with Gasteiger partial charge < -0.3 is 28.6 Å². The molecule has 0 bridgehead atoms. The van der Waals surface area contributed by atoms with Crippen LogP contribution in [0, 0.1) is 5.82 Å². The maximum absolute atomic E-state index is 13.9. The second-order valence-electron chi connectivity index (χ2n) is 9.51. The number of rotatable bonds is 6. The first-order valence-electron chi connectivity index (χ1n) is 10.8. The van der Waals surface area contributed by atoms with Crippen LogP contribution in [0.5, 0.6) is 0 Å². The minimum absolute atomic E-state index is 0.178. The van der Waals surface area contributed by atoms with E-state index in [0.29, 0.717) is 30.0 Å². The van der Waals surface area contributed by atoms with Crippen LogP contribution in [0.25, 0.3) is 0 Å². The summed E-state index contributed by atoms with van der Waals surface area (Å²) in [5.41, 5.74) is 1.51. The Hall–Kier alpha value is -2.20. The van der Waals surface area contributed by atoms with E-state index >= 15 is 0 Å². The van der Waals surface area contributed by atoms with Crippen molar-refractivity contribution in [3.05, 3.63) is 53.1 Å². The summed E-state index contributed by atoms with van der Waals surface area (Å²) in [7, 11) is 1.02. The summed E-state index contributed by atoms with van der Waals surface area (Å²) in [4.78, 5) is 15.2. The molecule has 1 saturated heterocycles. The number of halogens is 1. The van der Waals surface area contributed by atoms with Crippen LogP contribution < -0.4 is 5.46 Å². The summed E-state index contributed by atoms with van der Waals surface area (Å²) in [6, 6.07) is 5.78. The van der Waals surface area contributed by atoms with E-state index in [0.717, 1.165) is 5.46 Å². The molecule has 4 rings (SSSR count). The lowest BCUT2D eigenvalue weighted by Crippen LogP contribution is -2.49. The summed E-state index contributed by atoms with van der Waals surface area (Å²) in [6.07, 6.45) is 1.90. The number of methoxy groups -OCH3 is 1. The van der Waals surface area contributed by atoms with Crippen molar-refractivity contribution in [1.29, 1.82) is 0 Å². The molecule has 1 amide bonds. The molecule has 1 fully saturated rings.